The zero-order valence-corrected chi connectivity index (χ0v) is 16.5. The lowest BCUT2D eigenvalue weighted by Crippen LogP contribution is -2.22. The van der Waals surface area contributed by atoms with Crippen molar-refractivity contribution in [3.8, 4) is 0 Å². The summed E-state index contributed by atoms with van der Waals surface area (Å²) in [6, 6.07) is 11.8. The largest absolute Gasteiger partial charge is 0.352 e. The molecule has 1 aromatic carbocycles. The molecular weight excluding hydrogens is 380 g/mol. The van der Waals surface area contributed by atoms with Crippen LogP contribution in [0.5, 0.6) is 0 Å². The summed E-state index contributed by atoms with van der Waals surface area (Å²) in [5.74, 6) is 2.12. The Morgan fingerprint density at radius 2 is 2.03 bits per heavy atom. The lowest BCUT2D eigenvalue weighted by molar-refractivity contribution is -0.121. The van der Waals surface area contributed by atoms with Crippen LogP contribution in [0.25, 0.3) is 22.3 Å². The number of carbonyl (C=O) groups is 1. The molecule has 30 heavy (non-hydrogen) atoms. The summed E-state index contributed by atoms with van der Waals surface area (Å²) < 4.78 is 3.73. The van der Waals surface area contributed by atoms with E-state index in [2.05, 4.69) is 30.6 Å². The van der Waals surface area contributed by atoms with E-state index in [4.69, 9.17) is 0 Å². The van der Waals surface area contributed by atoms with Gasteiger partial charge in [-0.2, -0.15) is 4.52 Å². The highest BCUT2D eigenvalue weighted by molar-refractivity contribution is 5.93. The number of carbonyl (C=O) groups excluding carboxylic acids is 1. The molecule has 0 saturated carbocycles. The molecule has 150 valence electrons. The van der Waals surface area contributed by atoms with Crippen molar-refractivity contribution in [2.75, 3.05) is 0 Å². The summed E-state index contributed by atoms with van der Waals surface area (Å²) in [6.45, 7) is 2.34. The minimum absolute atomic E-state index is 0.00632. The van der Waals surface area contributed by atoms with Gasteiger partial charge in [-0.05, 0) is 37.1 Å². The number of para-hydroxylation sites is 1. The number of nitrogens with one attached hydrogen (secondary N) is 1. The molecule has 0 atom stereocenters. The van der Waals surface area contributed by atoms with Gasteiger partial charge in [0, 0.05) is 37.2 Å². The number of amides is 1. The van der Waals surface area contributed by atoms with Gasteiger partial charge in [-0.3, -0.25) is 14.2 Å². The van der Waals surface area contributed by atoms with Crippen LogP contribution < -0.4 is 5.32 Å². The highest BCUT2D eigenvalue weighted by Gasteiger charge is 2.16. The van der Waals surface area contributed by atoms with Gasteiger partial charge in [0.2, 0.25) is 5.91 Å². The lowest BCUT2D eigenvalue weighted by atomic mass is 10.2. The van der Waals surface area contributed by atoms with Gasteiger partial charge in [-0.1, -0.05) is 18.2 Å². The fourth-order valence-electron chi connectivity index (χ4n) is 3.64. The quantitative estimate of drug-likeness (QED) is 0.469. The molecule has 4 aromatic heterocycles. The van der Waals surface area contributed by atoms with Crippen molar-refractivity contribution < 1.29 is 4.79 Å². The van der Waals surface area contributed by atoms with Crippen molar-refractivity contribution >= 4 is 28.2 Å². The van der Waals surface area contributed by atoms with Crippen molar-refractivity contribution in [3.05, 3.63) is 66.0 Å². The second kappa shape index (κ2) is 7.51. The van der Waals surface area contributed by atoms with Crippen LogP contribution in [0.1, 0.15) is 30.1 Å². The maximum absolute atomic E-state index is 12.2. The molecule has 1 N–H and O–H groups in total. The van der Waals surface area contributed by atoms with Crippen LogP contribution in [0.4, 0.5) is 0 Å². The van der Waals surface area contributed by atoms with Gasteiger partial charge in [0.15, 0.2) is 5.65 Å². The van der Waals surface area contributed by atoms with Gasteiger partial charge in [-0.15, -0.1) is 15.3 Å². The van der Waals surface area contributed by atoms with Crippen molar-refractivity contribution in [1.82, 2.24) is 39.5 Å². The second-order valence-electron chi connectivity index (χ2n) is 7.15. The number of benzene rings is 1. The first-order valence-electron chi connectivity index (χ1n) is 9.84. The molecule has 9 nitrogen and oxygen atoms in total. The topological polar surface area (TPSA) is 102 Å². The van der Waals surface area contributed by atoms with Gasteiger partial charge in [0.1, 0.15) is 11.6 Å². The Morgan fingerprint density at radius 1 is 1.13 bits per heavy atom. The van der Waals surface area contributed by atoms with Crippen LogP contribution in [0.15, 0.2) is 48.8 Å². The van der Waals surface area contributed by atoms with E-state index in [1.54, 1.807) is 16.9 Å². The van der Waals surface area contributed by atoms with Crippen molar-refractivity contribution in [2.24, 2.45) is 0 Å². The Labute approximate surface area is 171 Å². The first-order valence-corrected chi connectivity index (χ1v) is 9.84. The predicted molar refractivity (Wildman–Crippen MR) is 111 cm³/mol. The Balaban J connectivity index is 1.36. The SMILES string of the molecule is Cc1nc2c3ccccc3n3c(CCCC(=O)NCc4cccnc4)nnc3n2n1. The van der Waals surface area contributed by atoms with Crippen molar-refractivity contribution in [2.45, 2.75) is 32.7 Å². The fourth-order valence-corrected chi connectivity index (χ4v) is 3.64. The lowest BCUT2D eigenvalue weighted by Gasteiger charge is -2.07. The van der Waals surface area contributed by atoms with Crippen LogP contribution in [0.2, 0.25) is 0 Å². The van der Waals surface area contributed by atoms with Crippen LogP contribution in [0, 0.1) is 6.92 Å². The van der Waals surface area contributed by atoms with E-state index in [-0.39, 0.29) is 5.91 Å². The number of nitrogens with zero attached hydrogens (tertiary/aromatic N) is 7. The van der Waals surface area contributed by atoms with Gasteiger partial charge in [0.25, 0.3) is 5.78 Å². The number of pyridine rings is 1. The maximum Gasteiger partial charge on any atom is 0.258 e. The van der Waals surface area contributed by atoms with Gasteiger partial charge >= 0.3 is 0 Å². The summed E-state index contributed by atoms with van der Waals surface area (Å²) in [4.78, 5) is 20.8. The van der Waals surface area contributed by atoms with Crippen LogP contribution in [-0.4, -0.2) is 40.1 Å². The maximum atomic E-state index is 12.2. The van der Waals surface area contributed by atoms with Gasteiger partial charge in [-0.25, -0.2) is 4.98 Å². The number of rotatable bonds is 6. The fraction of sp³-hybridized carbons (Fsp3) is 0.238. The molecule has 5 aromatic rings. The van der Waals surface area contributed by atoms with Crippen molar-refractivity contribution in [3.63, 3.8) is 0 Å². The number of fused-ring (bicyclic) bond motifs is 6. The molecule has 0 aliphatic rings. The standard InChI is InChI=1S/C21H20N8O/c1-14-24-20-16-7-2-3-8-17(16)28-18(25-26-21(28)29(20)27-14)9-4-10-19(30)23-13-15-6-5-11-22-12-15/h2-3,5-8,11-12H,4,9-10,13H2,1H3,(H,23,30). The predicted octanol–water partition coefficient (Wildman–Crippen LogP) is 2.27. The van der Waals surface area contributed by atoms with E-state index in [1.165, 1.54) is 0 Å². The number of hydrogen-bond donors (Lipinski definition) is 1. The normalized spacial score (nSPS) is 11.5. The number of aromatic nitrogens is 7. The highest BCUT2D eigenvalue weighted by Crippen LogP contribution is 2.22. The summed E-state index contributed by atoms with van der Waals surface area (Å²) in [5, 5.41) is 17.1. The zero-order valence-electron chi connectivity index (χ0n) is 16.5. The molecule has 0 spiro atoms. The first kappa shape index (κ1) is 18.2. The summed E-state index contributed by atoms with van der Waals surface area (Å²) in [5.41, 5.74) is 2.73. The summed E-state index contributed by atoms with van der Waals surface area (Å²) in [6.07, 6.45) is 5.18. The molecule has 0 fully saturated rings. The molecule has 4 heterocycles. The smallest absolute Gasteiger partial charge is 0.258 e. The summed E-state index contributed by atoms with van der Waals surface area (Å²) >= 11 is 0. The van der Waals surface area contributed by atoms with Crippen molar-refractivity contribution in [1.29, 1.82) is 0 Å². The molecule has 0 radical (unpaired) electrons. The second-order valence-corrected chi connectivity index (χ2v) is 7.15. The molecule has 0 unspecified atom stereocenters. The molecule has 0 saturated heterocycles. The van der Waals surface area contributed by atoms with Crippen LogP contribution >= 0.6 is 0 Å². The monoisotopic (exact) mass is 400 g/mol. The van der Waals surface area contributed by atoms with E-state index >= 15 is 0 Å². The minimum atomic E-state index is 0.00632. The summed E-state index contributed by atoms with van der Waals surface area (Å²) in [7, 11) is 0. The van der Waals surface area contributed by atoms with E-state index in [9.17, 15) is 4.79 Å². The Kier molecular flexibility index (Phi) is 4.55. The Morgan fingerprint density at radius 3 is 2.90 bits per heavy atom. The van der Waals surface area contributed by atoms with E-state index < -0.39 is 0 Å². The number of aryl methyl sites for hydroxylation is 2. The molecule has 0 aliphatic heterocycles. The Bertz CT molecular complexity index is 1360. The molecular formula is C21H20N8O. The molecule has 0 bridgehead atoms. The van der Waals surface area contributed by atoms with E-state index in [0.29, 0.717) is 37.4 Å². The molecule has 9 heteroatoms. The number of hydrogen-bond acceptors (Lipinski definition) is 6. The minimum Gasteiger partial charge on any atom is -0.352 e. The third-order valence-electron chi connectivity index (χ3n) is 5.02. The van der Waals surface area contributed by atoms with Crippen LogP contribution in [0.3, 0.4) is 0 Å². The van der Waals surface area contributed by atoms with Crippen LogP contribution in [-0.2, 0) is 17.8 Å². The third-order valence-corrected chi connectivity index (χ3v) is 5.02. The first-order chi connectivity index (χ1) is 14.7. The average molecular weight is 400 g/mol. The van der Waals surface area contributed by atoms with Gasteiger partial charge in [0.05, 0.1) is 5.52 Å². The Hall–Kier alpha value is -3.88. The van der Waals surface area contributed by atoms with E-state index in [0.717, 1.165) is 27.9 Å². The molecule has 0 aliphatic carbocycles. The molecule has 1 amide bonds. The molecule has 5 rings (SSSR count). The van der Waals surface area contributed by atoms with E-state index in [1.807, 2.05) is 47.7 Å². The zero-order chi connectivity index (χ0) is 20.5. The van der Waals surface area contributed by atoms with Gasteiger partial charge < -0.3 is 5.32 Å². The third kappa shape index (κ3) is 3.24. The highest BCUT2D eigenvalue weighted by atomic mass is 16.1. The average Bonchev–Trinajstić information content (AvgIpc) is 3.37.